The van der Waals surface area contributed by atoms with E-state index >= 15 is 0 Å². The summed E-state index contributed by atoms with van der Waals surface area (Å²) in [7, 11) is 0. The van der Waals surface area contributed by atoms with Crippen LogP contribution in [0.4, 0.5) is 13.2 Å². The van der Waals surface area contributed by atoms with Gasteiger partial charge in [0.15, 0.2) is 0 Å². The molecule has 0 aliphatic heterocycles. The lowest BCUT2D eigenvalue weighted by atomic mass is 10.1. The molecule has 2 N–H and O–H groups in total. The molecular formula is C10H10F3NO2. The zero-order valence-corrected chi connectivity index (χ0v) is 8.16. The third-order valence-corrected chi connectivity index (χ3v) is 1.92. The zero-order chi connectivity index (χ0) is 12.2. The lowest BCUT2D eigenvalue weighted by molar-refractivity contribution is -0.174. The van der Waals surface area contributed by atoms with Gasteiger partial charge in [0.1, 0.15) is 6.04 Å². The van der Waals surface area contributed by atoms with Crippen LogP contribution in [0, 0.1) is 0 Å². The van der Waals surface area contributed by atoms with Crippen LogP contribution in [-0.4, -0.2) is 23.4 Å². The SMILES string of the molecule is O=C(O)[C@@H](Cc1ccccc1)NC(F)(F)F. The van der Waals surface area contributed by atoms with E-state index < -0.39 is 18.3 Å². The smallest absolute Gasteiger partial charge is 0.457 e. The number of halogens is 3. The number of alkyl halides is 3. The normalized spacial score (nSPS) is 13.4. The molecule has 0 unspecified atom stereocenters. The molecular weight excluding hydrogens is 223 g/mol. The van der Waals surface area contributed by atoms with Crippen LogP contribution in [0.3, 0.4) is 0 Å². The molecule has 0 bridgehead atoms. The van der Waals surface area contributed by atoms with Gasteiger partial charge in [-0.2, -0.15) is 13.2 Å². The fourth-order valence-corrected chi connectivity index (χ4v) is 1.25. The second-order valence-electron chi connectivity index (χ2n) is 3.22. The molecule has 0 spiro atoms. The van der Waals surface area contributed by atoms with Gasteiger partial charge < -0.3 is 5.11 Å². The van der Waals surface area contributed by atoms with E-state index in [0.717, 1.165) is 5.32 Å². The van der Waals surface area contributed by atoms with Gasteiger partial charge in [0.05, 0.1) is 0 Å². The van der Waals surface area contributed by atoms with Gasteiger partial charge in [-0.05, 0) is 12.0 Å². The summed E-state index contributed by atoms with van der Waals surface area (Å²) in [6.45, 7) is 0. The average Bonchev–Trinajstić information content (AvgIpc) is 2.16. The van der Waals surface area contributed by atoms with Crippen molar-refractivity contribution in [3.8, 4) is 0 Å². The van der Waals surface area contributed by atoms with Crippen molar-refractivity contribution in [2.24, 2.45) is 0 Å². The molecule has 1 atom stereocenters. The monoisotopic (exact) mass is 233 g/mol. The lowest BCUT2D eigenvalue weighted by Gasteiger charge is -2.16. The molecule has 0 radical (unpaired) electrons. The Kier molecular flexibility index (Phi) is 3.89. The lowest BCUT2D eigenvalue weighted by Crippen LogP contribution is -2.46. The summed E-state index contributed by atoms with van der Waals surface area (Å²) >= 11 is 0. The van der Waals surface area contributed by atoms with Crippen molar-refractivity contribution in [1.29, 1.82) is 0 Å². The highest BCUT2D eigenvalue weighted by molar-refractivity contribution is 5.73. The molecule has 0 fully saturated rings. The molecule has 1 rings (SSSR count). The van der Waals surface area contributed by atoms with Crippen LogP contribution < -0.4 is 5.32 Å². The van der Waals surface area contributed by atoms with E-state index in [4.69, 9.17) is 5.11 Å². The maximum atomic E-state index is 12.0. The van der Waals surface area contributed by atoms with Crippen molar-refractivity contribution in [1.82, 2.24) is 5.32 Å². The number of hydrogen-bond acceptors (Lipinski definition) is 2. The quantitative estimate of drug-likeness (QED) is 0.779. The fraction of sp³-hybridized carbons (Fsp3) is 0.300. The Labute approximate surface area is 89.9 Å². The third kappa shape index (κ3) is 4.31. The van der Waals surface area contributed by atoms with Gasteiger partial charge in [0.2, 0.25) is 0 Å². The van der Waals surface area contributed by atoms with Crippen LogP contribution in [-0.2, 0) is 11.2 Å². The van der Waals surface area contributed by atoms with Crippen LogP contribution in [0.25, 0.3) is 0 Å². The molecule has 16 heavy (non-hydrogen) atoms. The highest BCUT2D eigenvalue weighted by Gasteiger charge is 2.34. The van der Waals surface area contributed by atoms with E-state index in [9.17, 15) is 18.0 Å². The topological polar surface area (TPSA) is 49.3 Å². The van der Waals surface area contributed by atoms with E-state index in [1.165, 1.54) is 0 Å². The molecule has 0 saturated carbocycles. The number of aliphatic carboxylic acids is 1. The molecule has 0 aliphatic rings. The van der Waals surface area contributed by atoms with Crippen molar-refractivity contribution in [3.05, 3.63) is 35.9 Å². The summed E-state index contributed by atoms with van der Waals surface area (Å²) in [6, 6.07) is 6.48. The molecule has 3 nitrogen and oxygen atoms in total. The molecule has 0 saturated heterocycles. The Hall–Kier alpha value is -1.56. The van der Waals surface area contributed by atoms with Gasteiger partial charge in [0, 0.05) is 0 Å². The van der Waals surface area contributed by atoms with Gasteiger partial charge in [-0.15, -0.1) is 0 Å². The Bertz CT molecular complexity index is 351. The maximum absolute atomic E-state index is 12.0. The van der Waals surface area contributed by atoms with Gasteiger partial charge in [0.25, 0.3) is 0 Å². The minimum Gasteiger partial charge on any atom is -0.480 e. The number of carboxylic acids is 1. The summed E-state index contributed by atoms with van der Waals surface area (Å²) < 4.78 is 36.0. The summed E-state index contributed by atoms with van der Waals surface area (Å²) in [4.78, 5) is 10.6. The molecule has 1 aromatic carbocycles. The van der Waals surface area contributed by atoms with Gasteiger partial charge >= 0.3 is 12.3 Å². The van der Waals surface area contributed by atoms with Crippen LogP contribution in [0.1, 0.15) is 5.56 Å². The van der Waals surface area contributed by atoms with Crippen molar-refractivity contribution in [2.75, 3.05) is 0 Å². The van der Waals surface area contributed by atoms with Crippen LogP contribution >= 0.6 is 0 Å². The Balaban J connectivity index is 2.70. The van der Waals surface area contributed by atoms with Crippen LogP contribution in [0.15, 0.2) is 30.3 Å². The van der Waals surface area contributed by atoms with Crippen molar-refractivity contribution >= 4 is 5.97 Å². The fourth-order valence-electron chi connectivity index (χ4n) is 1.25. The van der Waals surface area contributed by atoms with Gasteiger partial charge in [-0.3, -0.25) is 4.79 Å². The van der Waals surface area contributed by atoms with Crippen molar-refractivity contribution < 1.29 is 23.1 Å². The molecule has 1 aromatic rings. The first-order valence-electron chi connectivity index (χ1n) is 4.49. The molecule has 6 heteroatoms. The van der Waals surface area contributed by atoms with Crippen molar-refractivity contribution in [3.63, 3.8) is 0 Å². The Morgan fingerprint density at radius 2 is 1.88 bits per heavy atom. The highest BCUT2D eigenvalue weighted by atomic mass is 19.4. The summed E-state index contributed by atoms with van der Waals surface area (Å²) in [5.74, 6) is -1.53. The van der Waals surface area contributed by atoms with E-state index in [2.05, 4.69) is 0 Å². The number of benzene rings is 1. The first-order valence-corrected chi connectivity index (χ1v) is 4.49. The third-order valence-electron chi connectivity index (χ3n) is 1.92. The summed E-state index contributed by atoms with van der Waals surface area (Å²) in [6.07, 6.45) is -4.91. The molecule has 88 valence electrons. The predicted octanol–water partition coefficient (Wildman–Crippen LogP) is 1.79. The number of carbonyl (C=O) groups is 1. The molecule has 0 aromatic heterocycles. The number of carboxylic acid groups (broad SMARTS) is 1. The summed E-state index contributed by atoms with van der Waals surface area (Å²) in [5, 5.41) is 9.74. The van der Waals surface area contributed by atoms with Crippen molar-refractivity contribution in [2.45, 2.75) is 18.8 Å². The largest absolute Gasteiger partial charge is 0.480 e. The van der Waals surface area contributed by atoms with E-state index in [1.807, 2.05) is 0 Å². The zero-order valence-electron chi connectivity index (χ0n) is 8.16. The highest BCUT2D eigenvalue weighted by Crippen LogP contribution is 2.13. The number of nitrogens with one attached hydrogen (secondary N) is 1. The second kappa shape index (κ2) is 4.98. The first kappa shape index (κ1) is 12.5. The minimum atomic E-state index is -4.70. The van der Waals surface area contributed by atoms with E-state index in [1.54, 1.807) is 30.3 Å². The minimum absolute atomic E-state index is 0.213. The maximum Gasteiger partial charge on any atom is 0.457 e. The molecule has 0 heterocycles. The van der Waals surface area contributed by atoms with Crippen LogP contribution in [0.2, 0.25) is 0 Å². The standard InChI is InChI=1S/C10H10F3NO2/c11-10(12,13)14-8(9(15)16)6-7-4-2-1-3-5-7/h1-5,8,14H,6H2,(H,15,16)/t8-/m1/s1. The summed E-state index contributed by atoms with van der Waals surface area (Å²) in [5.41, 5.74) is 0.534. The van der Waals surface area contributed by atoms with Crippen LogP contribution in [0.5, 0.6) is 0 Å². The number of rotatable bonds is 4. The van der Waals surface area contributed by atoms with E-state index in [-0.39, 0.29) is 6.42 Å². The molecule has 0 aliphatic carbocycles. The number of hydrogen-bond donors (Lipinski definition) is 2. The first-order chi connectivity index (χ1) is 7.38. The average molecular weight is 233 g/mol. The predicted molar refractivity (Wildman–Crippen MR) is 50.8 cm³/mol. The second-order valence-corrected chi connectivity index (χ2v) is 3.22. The Morgan fingerprint density at radius 1 is 1.31 bits per heavy atom. The van der Waals surface area contributed by atoms with Gasteiger partial charge in [-0.25, -0.2) is 5.32 Å². The Morgan fingerprint density at radius 3 is 2.31 bits per heavy atom. The molecule has 0 amide bonds. The van der Waals surface area contributed by atoms with E-state index in [0.29, 0.717) is 5.56 Å². The van der Waals surface area contributed by atoms with Gasteiger partial charge in [-0.1, -0.05) is 30.3 Å².